The van der Waals surface area contributed by atoms with Gasteiger partial charge < -0.3 is 0 Å². The van der Waals surface area contributed by atoms with Crippen molar-refractivity contribution in [2.45, 2.75) is 6.42 Å². The Labute approximate surface area is 202 Å². The van der Waals surface area contributed by atoms with E-state index in [1.807, 2.05) is 48.5 Å². The van der Waals surface area contributed by atoms with Gasteiger partial charge in [0.1, 0.15) is 5.57 Å². The van der Waals surface area contributed by atoms with E-state index in [4.69, 9.17) is 23.2 Å². The second kappa shape index (κ2) is 9.28. The van der Waals surface area contributed by atoms with Crippen LogP contribution in [0.5, 0.6) is 0 Å². The summed E-state index contributed by atoms with van der Waals surface area (Å²) in [6.07, 6.45) is 2.19. The first-order chi connectivity index (χ1) is 15.3. The summed E-state index contributed by atoms with van der Waals surface area (Å²) in [5, 5.41) is 2.67. The lowest BCUT2D eigenvalue weighted by molar-refractivity contribution is -0.122. The molecule has 3 aromatic carbocycles. The average molecular weight is 530 g/mol. The molecule has 160 valence electrons. The molecular formula is C24H15BrCl2N2O3. The average Bonchev–Trinajstić information content (AvgIpc) is 2.76. The Morgan fingerprint density at radius 2 is 1.62 bits per heavy atom. The largest absolute Gasteiger partial charge is 0.335 e. The van der Waals surface area contributed by atoms with Crippen molar-refractivity contribution in [3.63, 3.8) is 0 Å². The topological polar surface area (TPSA) is 66.5 Å². The number of benzene rings is 3. The number of barbiturate groups is 1. The molecule has 1 aliphatic rings. The number of hydrogen-bond acceptors (Lipinski definition) is 3. The molecule has 32 heavy (non-hydrogen) atoms. The fourth-order valence-electron chi connectivity index (χ4n) is 3.28. The summed E-state index contributed by atoms with van der Waals surface area (Å²) in [7, 11) is 0. The molecule has 1 aliphatic heterocycles. The number of halogens is 3. The Bertz CT molecular complexity index is 1270. The van der Waals surface area contributed by atoms with Gasteiger partial charge in [0.15, 0.2) is 0 Å². The minimum absolute atomic E-state index is 0.158. The van der Waals surface area contributed by atoms with Gasteiger partial charge in [-0.3, -0.25) is 14.9 Å². The van der Waals surface area contributed by atoms with E-state index in [9.17, 15) is 14.4 Å². The third-order valence-electron chi connectivity index (χ3n) is 4.91. The molecule has 1 N–H and O–H groups in total. The Hall–Kier alpha value is -2.93. The van der Waals surface area contributed by atoms with Crippen molar-refractivity contribution in [1.82, 2.24) is 5.32 Å². The van der Waals surface area contributed by atoms with Gasteiger partial charge in [0, 0.05) is 4.47 Å². The van der Waals surface area contributed by atoms with Crippen LogP contribution in [-0.2, 0) is 16.0 Å². The quantitative estimate of drug-likeness (QED) is 0.332. The number of nitrogens with zero attached hydrogens (tertiary/aromatic N) is 1. The van der Waals surface area contributed by atoms with Crippen LogP contribution in [0.1, 0.15) is 16.7 Å². The maximum Gasteiger partial charge on any atom is 0.335 e. The summed E-state index contributed by atoms with van der Waals surface area (Å²) >= 11 is 15.5. The van der Waals surface area contributed by atoms with Crippen LogP contribution in [0.15, 0.2) is 76.8 Å². The number of rotatable bonds is 4. The number of urea groups is 1. The third kappa shape index (κ3) is 4.63. The van der Waals surface area contributed by atoms with E-state index in [0.29, 0.717) is 5.56 Å². The van der Waals surface area contributed by atoms with E-state index < -0.39 is 17.8 Å². The lowest BCUT2D eigenvalue weighted by atomic mass is 10.0. The molecule has 1 saturated heterocycles. The van der Waals surface area contributed by atoms with Gasteiger partial charge in [-0.25, -0.2) is 9.69 Å². The summed E-state index contributed by atoms with van der Waals surface area (Å²) < 4.78 is 1.03. The zero-order valence-electron chi connectivity index (χ0n) is 16.4. The van der Waals surface area contributed by atoms with Crippen LogP contribution in [0.25, 0.3) is 6.08 Å². The van der Waals surface area contributed by atoms with E-state index in [1.54, 1.807) is 0 Å². The molecule has 0 atom stereocenters. The zero-order valence-corrected chi connectivity index (χ0v) is 19.5. The molecule has 0 unspecified atom stereocenters. The van der Waals surface area contributed by atoms with E-state index in [-0.39, 0.29) is 21.3 Å². The fourth-order valence-corrected chi connectivity index (χ4v) is 3.99. The Balaban J connectivity index is 1.60. The van der Waals surface area contributed by atoms with Crippen LogP contribution in [0.2, 0.25) is 10.0 Å². The molecule has 1 heterocycles. The molecule has 0 bridgehead atoms. The first-order valence-corrected chi connectivity index (χ1v) is 11.1. The highest BCUT2D eigenvalue weighted by Crippen LogP contribution is 2.29. The van der Waals surface area contributed by atoms with Gasteiger partial charge in [-0.15, -0.1) is 0 Å². The normalized spacial score (nSPS) is 15.3. The third-order valence-corrected chi connectivity index (χ3v) is 6.42. The predicted octanol–water partition coefficient (Wildman–Crippen LogP) is 6.01. The molecule has 0 aromatic heterocycles. The zero-order chi connectivity index (χ0) is 22.8. The standard InChI is InChI=1S/C24H15BrCl2N2O3/c25-19-4-2-1-3-16(19)11-14-5-7-15(8-6-14)12-18-22(30)28-24(32)29(23(18)31)17-9-10-20(26)21(27)13-17/h1-10,12-13H,11H2,(H,28,30,32)/b18-12+. The van der Waals surface area contributed by atoms with E-state index >= 15 is 0 Å². The van der Waals surface area contributed by atoms with Crippen molar-refractivity contribution in [2.75, 3.05) is 4.90 Å². The fraction of sp³-hybridized carbons (Fsp3) is 0.0417. The number of anilines is 1. The van der Waals surface area contributed by atoms with Crippen LogP contribution in [0, 0.1) is 0 Å². The first-order valence-electron chi connectivity index (χ1n) is 9.52. The molecule has 0 spiro atoms. The van der Waals surface area contributed by atoms with Crippen LogP contribution >= 0.6 is 39.1 Å². The molecule has 4 rings (SSSR count). The summed E-state index contributed by atoms with van der Waals surface area (Å²) in [6.45, 7) is 0. The van der Waals surface area contributed by atoms with Gasteiger partial charge >= 0.3 is 6.03 Å². The number of carbonyl (C=O) groups excluding carboxylic acids is 3. The lowest BCUT2D eigenvalue weighted by Crippen LogP contribution is -2.54. The smallest absolute Gasteiger partial charge is 0.273 e. The van der Waals surface area contributed by atoms with E-state index in [2.05, 4.69) is 21.2 Å². The first kappa shape index (κ1) is 22.3. The molecule has 4 amide bonds. The maximum atomic E-state index is 13.0. The van der Waals surface area contributed by atoms with Gasteiger partial charge in [-0.05, 0) is 53.5 Å². The van der Waals surface area contributed by atoms with Gasteiger partial charge in [0.25, 0.3) is 11.8 Å². The minimum Gasteiger partial charge on any atom is -0.273 e. The van der Waals surface area contributed by atoms with Crippen LogP contribution in [0.4, 0.5) is 10.5 Å². The van der Waals surface area contributed by atoms with Crippen molar-refractivity contribution >= 4 is 68.7 Å². The maximum absolute atomic E-state index is 13.0. The van der Waals surface area contributed by atoms with Crippen molar-refractivity contribution in [2.24, 2.45) is 0 Å². The summed E-state index contributed by atoms with van der Waals surface area (Å²) in [5.41, 5.74) is 2.93. The highest BCUT2D eigenvalue weighted by Gasteiger charge is 2.37. The molecule has 0 radical (unpaired) electrons. The SMILES string of the molecule is O=C1NC(=O)N(c2ccc(Cl)c(Cl)c2)C(=O)/C1=C/c1ccc(Cc2ccccc2Br)cc1. The Morgan fingerprint density at radius 3 is 2.31 bits per heavy atom. The second-order valence-electron chi connectivity index (χ2n) is 7.07. The van der Waals surface area contributed by atoms with Crippen LogP contribution in [0.3, 0.4) is 0 Å². The monoisotopic (exact) mass is 528 g/mol. The molecule has 0 saturated carbocycles. The van der Waals surface area contributed by atoms with Gasteiger partial charge in [0.05, 0.1) is 15.7 Å². The van der Waals surface area contributed by atoms with Gasteiger partial charge in [-0.1, -0.05) is 81.6 Å². The number of amides is 4. The number of hydrogen-bond donors (Lipinski definition) is 1. The summed E-state index contributed by atoms with van der Waals surface area (Å²) in [4.78, 5) is 38.5. The van der Waals surface area contributed by atoms with Gasteiger partial charge in [-0.2, -0.15) is 0 Å². The number of nitrogens with one attached hydrogen (secondary N) is 1. The molecule has 0 aliphatic carbocycles. The molecule has 8 heteroatoms. The van der Waals surface area contributed by atoms with Gasteiger partial charge in [0.2, 0.25) is 0 Å². The predicted molar refractivity (Wildman–Crippen MR) is 129 cm³/mol. The highest BCUT2D eigenvalue weighted by atomic mass is 79.9. The molecule has 3 aromatic rings. The number of imide groups is 2. The summed E-state index contributed by atoms with van der Waals surface area (Å²) in [5.74, 6) is -1.50. The van der Waals surface area contributed by atoms with Crippen LogP contribution < -0.4 is 10.2 Å². The van der Waals surface area contributed by atoms with Crippen LogP contribution in [-0.4, -0.2) is 17.8 Å². The molecule has 1 fully saturated rings. The summed E-state index contributed by atoms with van der Waals surface area (Å²) in [6, 6.07) is 19.0. The van der Waals surface area contributed by atoms with Crippen molar-refractivity contribution in [1.29, 1.82) is 0 Å². The molecular weight excluding hydrogens is 515 g/mol. The van der Waals surface area contributed by atoms with E-state index in [0.717, 1.165) is 26.9 Å². The minimum atomic E-state index is -0.848. The lowest BCUT2D eigenvalue weighted by Gasteiger charge is -2.26. The van der Waals surface area contributed by atoms with Crippen molar-refractivity contribution in [3.05, 3.63) is 104 Å². The Kier molecular flexibility index (Phi) is 6.46. The van der Waals surface area contributed by atoms with Crippen molar-refractivity contribution in [3.8, 4) is 0 Å². The van der Waals surface area contributed by atoms with E-state index in [1.165, 1.54) is 24.3 Å². The molecule has 5 nitrogen and oxygen atoms in total. The Morgan fingerprint density at radius 1 is 0.906 bits per heavy atom. The highest BCUT2D eigenvalue weighted by molar-refractivity contribution is 9.10. The second-order valence-corrected chi connectivity index (χ2v) is 8.73. The van der Waals surface area contributed by atoms with Crippen molar-refractivity contribution < 1.29 is 14.4 Å². The number of carbonyl (C=O) groups is 3.